The molecule has 0 radical (unpaired) electrons. The fourth-order valence-corrected chi connectivity index (χ4v) is 6.38. The Morgan fingerprint density at radius 3 is 1.38 bits per heavy atom. The monoisotopic (exact) mass is 548 g/mol. The summed E-state index contributed by atoms with van der Waals surface area (Å²) in [4.78, 5) is 0. The molecule has 0 atom stereocenters. The lowest BCUT2D eigenvalue weighted by Gasteiger charge is -2.34. The van der Waals surface area contributed by atoms with Crippen LogP contribution in [0.1, 0.15) is 49.9 Å². The largest absolute Gasteiger partial charge is 0.398 e. The van der Waals surface area contributed by atoms with Gasteiger partial charge in [0.2, 0.25) is 0 Å². The lowest BCUT2D eigenvalue weighted by molar-refractivity contribution is 0.485. The molecule has 2 aromatic rings. The van der Waals surface area contributed by atoms with Crippen molar-refractivity contribution < 1.29 is 25.9 Å². The van der Waals surface area contributed by atoms with Crippen LogP contribution in [0, 0.1) is 0 Å². The minimum Gasteiger partial charge on any atom is -0.398 e. The van der Waals surface area contributed by atoms with Gasteiger partial charge in [0.05, 0.1) is 11.1 Å². The van der Waals surface area contributed by atoms with Gasteiger partial charge < -0.3 is 22.1 Å². The number of rotatable bonds is 6. The van der Waals surface area contributed by atoms with E-state index in [0.717, 1.165) is 0 Å². The van der Waals surface area contributed by atoms with E-state index in [1.165, 1.54) is 0 Å². The van der Waals surface area contributed by atoms with Gasteiger partial charge in [-0.25, -0.2) is 0 Å². The molecule has 2 heterocycles. The Morgan fingerprint density at radius 2 is 1.05 bits per heavy atom. The molecule has 0 aliphatic carbocycles. The van der Waals surface area contributed by atoms with Gasteiger partial charge in [0.15, 0.2) is 0 Å². The van der Waals surface area contributed by atoms with Crippen molar-refractivity contribution >= 4 is 54.1 Å². The number of hydrogen-bond acceptors (Lipinski definition) is 8. The van der Waals surface area contributed by atoms with Crippen LogP contribution in [0.3, 0.4) is 0 Å². The topological polar surface area (TPSA) is 185 Å². The first-order chi connectivity index (χ1) is 16.8. The third-order valence-electron chi connectivity index (χ3n) is 6.35. The molecule has 0 saturated heterocycles. The quantitative estimate of drug-likeness (QED) is 0.231. The Kier molecular flexibility index (Phi) is 6.39. The highest BCUT2D eigenvalue weighted by molar-refractivity contribution is 7.86. The summed E-state index contributed by atoms with van der Waals surface area (Å²) in [7, 11) is -8.61. The molecule has 4 rings (SSSR count). The maximum atomic E-state index is 11.7. The molecule has 200 valence electrons. The zero-order chi connectivity index (χ0) is 27.6. The van der Waals surface area contributed by atoms with Crippen LogP contribution < -0.4 is 22.1 Å². The molecule has 0 unspecified atom stereocenters. The Balaban J connectivity index is 1.79. The average Bonchev–Trinajstić information content (AvgIpc) is 2.67. The van der Waals surface area contributed by atoms with Crippen LogP contribution in [-0.4, -0.2) is 48.5 Å². The Morgan fingerprint density at radius 1 is 0.703 bits per heavy atom. The van der Waals surface area contributed by atoms with Crippen LogP contribution in [0.25, 0.3) is 11.1 Å². The van der Waals surface area contributed by atoms with Crippen molar-refractivity contribution in [2.75, 3.05) is 33.6 Å². The summed E-state index contributed by atoms with van der Waals surface area (Å²) in [5.41, 5.74) is 17.1. The number of nitrogens with one attached hydrogen (secondary N) is 2. The van der Waals surface area contributed by atoms with Crippen molar-refractivity contribution in [3.63, 3.8) is 0 Å². The molecule has 2 aromatic carbocycles. The first-order valence-corrected chi connectivity index (χ1v) is 14.8. The van der Waals surface area contributed by atoms with E-state index in [0.29, 0.717) is 56.1 Å². The number of nitrogens with two attached hydrogens (primary N) is 2. The zero-order valence-corrected chi connectivity index (χ0v) is 22.7. The fourth-order valence-electron chi connectivity index (χ4n) is 5.14. The predicted octanol–water partition coefficient (Wildman–Crippen LogP) is 3.39. The average molecular weight is 549 g/mol. The van der Waals surface area contributed by atoms with E-state index in [4.69, 9.17) is 11.5 Å². The Labute approximate surface area is 217 Å². The van der Waals surface area contributed by atoms with Gasteiger partial charge in [-0.1, -0.05) is 24.3 Å². The molecule has 37 heavy (non-hydrogen) atoms. The second-order valence-electron chi connectivity index (χ2n) is 10.8. The third-order valence-corrected chi connectivity index (χ3v) is 7.71. The lowest BCUT2D eigenvalue weighted by Crippen LogP contribution is -2.33. The lowest BCUT2D eigenvalue weighted by atomic mass is 9.86. The summed E-state index contributed by atoms with van der Waals surface area (Å²) in [5.74, 6) is -1.16. The van der Waals surface area contributed by atoms with E-state index in [1.807, 2.05) is 52.0 Å². The molecule has 2 aliphatic heterocycles. The fraction of sp³-hybridized carbons (Fsp3) is 0.360. The molecule has 0 aromatic heterocycles. The van der Waals surface area contributed by atoms with Gasteiger partial charge in [0.1, 0.15) is 11.5 Å². The summed E-state index contributed by atoms with van der Waals surface area (Å²) < 4.78 is 66.0. The van der Waals surface area contributed by atoms with Gasteiger partial charge in [0, 0.05) is 40.3 Å². The van der Waals surface area contributed by atoms with Crippen molar-refractivity contribution in [2.24, 2.45) is 0 Å². The van der Waals surface area contributed by atoms with Gasteiger partial charge in [-0.2, -0.15) is 16.8 Å². The predicted molar refractivity (Wildman–Crippen MR) is 149 cm³/mol. The molecule has 10 nitrogen and oxygen atoms in total. The number of benzene rings is 2. The molecule has 0 fully saturated rings. The van der Waals surface area contributed by atoms with Gasteiger partial charge >= 0.3 is 0 Å². The smallest absolute Gasteiger partial charge is 0.269 e. The standard InChI is InChI=1S/C25H32N4O6S2/c1-24(2)10-16(12-36(30,31)32)20-18(28-24)7-5-14(22(20)26)9-15-6-8-19-21(23(15)27)17(13-37(33,34)35)11-25(3,4)29-19/h5-8,10-11,28-29H,9,12-13,26-27H2,1-4H3,(H,30,31,32)(H,33,34,35). The minimum absolute atomic E-state index is 0.281. The van der Waals surface area contributed by atoms with Gasteiger partial charge in [0.25, 0.3) is 20.2 Å². The molecule has 0 amide bonds. The Bertz CT molecular complexity index is 1460. The summed E-state index contributed by atoms with van der Waals surface area (Å²) in [5, 5.41) is 6.64. The van der Waals surface area contributed by atoms with Gasteiger partial charge in [-0.15, -0.1) is 0 Å². The first-order valence-electron chi connectivity index (χ1n) is 11.6. The second-order valence-corrected chi connectivity index (χ2v) is 13.7. The minimum atomic E-state index is -4.31. The SMILES string of the molecule is CC1(C)C=C(CS(=O)(=O)O)c2c(ccc(Cc3ccc4c(c3N)C(CS(=O)(=O)O)=CC(C)(C)N4)c2N)N1. The summed E-state index contributed by atoms with van der Waals surface area (Å²) >= 11 is 0. The number of hydrogen-bond donors (Lipinski definition) is 6. The van der Waals surface area contributed by atoms with E-state index in [9.17, 15) is 25.9 Å². The van der Waals surface area contributed by atoms with Crippen LogP contribution in [0.15, 0.2) is 36.4 Å². The van der Waals surface area contributed by atoms with Gasteiger partial charge in [-0.05, 0) is 62.1 Å². The number of fused-ring (bicyclic) bond motifs is 2. The van der Waals surface area contributed by atoms with E-state index < -0.39 is 42.8 Å². The molecule has 0 bridgehead atoms. The molecular weight excluding hydrogens is 516 g/mol. The molecule has 0 saturated carbocycles. The van der Waals surface area contributed by atoms with Crippen LogP contribution in [-0.2, 0) is 26.7 Å². The van der Waals surface area contributed by atoms with E-state index in [-0.39, 0.29) is 6.42 Å². The van der Waals surface area contributed by atoms with Crippen LogP contribution in [0.2, 0.25) is 0 Å². The number of nitrogen functional groups attached to an aromatic ring is 2. The molecule has 0 spiro atoms. The van der Waals surface area contributed by atoms with E-state index >= 15 is 0 Å². The van der Waals surface area contributed by atoms with Crippen molar-refractivity contribution in [3.05, 3.63) is 58.7 Å². The van der Waals surface area contributed by atoms with E-state index in [1.54, 1.807) is 12.2 Å². The summed E-state index contributed by atoms with van der Waals surface area (Å²) in [6, 6.07) is 7.26. The molecular formula is C25H32N4O6S2. The van der Waals surface area contributed by atoms with Crippen molar-refractivity contribution in [1.82, 2.24) is 0 Å². The highest BCUT2D eigenvalue weighted by Gasteiger charge is 2.31. The van der Waals surface area contributed by atoms with Crippen molar-refractivity contribution in [3.8, 4) is 0 Å². The van der Waals surface area contributed by atoms with Crippen LogP contribution >= 0.6 is 0 Å². The summed E-state index contributed by atoms with van der Waals surface area (Å²) in [6.45, 7) is 7.52. The highest BCUT2D eigenvalue weighted by atomic mass is 32.2. The summed E-state index contributed by atoms with van der Waals surface area (Å²) in [6.07, 6.45) is 3.75. The normalized spacial score (nSPS) is 18.0. The molecule has 2 aliphatic rings. The van der Waals surface area contributed by atoms with Crippen LogP contribution in [0.5, 0.6) is 0 Å². The zero-order valence-electron chi connectivity index (χ0n) is 21.1. The third kappa shape index (κ3) is 5.93. The van der Waals surface area contributed by atoms with E-state index in [2.05, 4.69) is 10.6 Å². The van der Waals surface area contributed by atoms with Crippen molar-refractivity contribution in [2.45, 2.75) is 45.2 Å². The maximum Gasteiger partial charge on any atom is 0.269 e. The molecule has 12 heteroatoms. The van der Waals surface area contributed by atoms with Gasteiger partial charge in [-0.3, -0.25) is 9.11 Å². The van der Waals surface area contributed by atoms with Crippen molar-refractivity contribution in [1.29, 1.82) is 0 Å². The highest BCUT2D eigenvalue weighted by Crippen LogP contribution is 2.43. The first kappa shape index (κ1) is 27.0. The van der Waals surface area contributed by atoms with Crippen LogP contribution in [0.4, 0.5) is 22.7 Å². The maximum absolute atomic E-state index is 11.7. The second kappa shape index (κ2) is 8.76. The Hall–Kier alpha value is -3.06. The number of anilines is 4. The molecule has 8 N–H and O–H groups in total.